The van der Waals surface area contributed by atoms with Crippen molar-refractivity contribution in [2.45, 2.75) is 19.0 Å². The highest BCUT2D eigenvalue weighted by molar-refractivity contribution is 6.30. The second-order valence-electron chi connectivity index (χ2n) is 6.70. The Bertz CT molecular complexity index is 972. The van der Waals surface area contributed by atoms with Crippen LogP contribution in [0.1, 0.15) is 11.1 Å². The average Bonchev–Trinajstić information content (AvgIpc) is 3.00. The van der Waals surface area contributed by atoms with Gasteiger partial charge in [-0.1, -0.05) is 72.3 Å². The number of benzene rings is 3. The lowest BCUT2D eigenvalue weighted by molar-refractivity contribution is -0.127. The molecule has 3 aromatic rings. The molecule has 5 heteroatoms. The fraction of sp³-hybridized carbons (Fsp3) is 0.130. The molecular weight excluding hydrogens is 370 g/mol. The molecule has 1 aliphatic heterocycles. The first kappa shape index (κ1) is 18.3. The molecule has 3 aromatic carbocycles. The molecule has 0 saturated carbocycles. The first-order chi connectivity index (χ1) is 13.7. The van der Waals surface area contributed by atoms with E-state index in [4.69, 9.17) is 16.6 Å². The van der Waals surface area contributed by atoms with Crippen molar-refractivity contribution in [3.8, 4) is 0 Å². The predicted octanol–water partition coefficient (Wildman–Crippen LogP) is 4.76. The summed E-state index contributed by atoms with van der Waals surface area (Å²) in [5.41, 5.74) is 2.99. The lowest BCUT2D eigenvalue weighted by Gasteiger charge is -2.20. The van der Waals surface area contributed by atoms with Crippen LogP contribution in [-0.4, -0.2) is 22.8 Å². The minimum Gasteiger partial charge on any atom is -0.326 e. The van der Waals surface area contributed by atoms with Gasteiger partial charge in [-0.15, -0.1) is 0 Å². The van der Waals surface area contributed by atoms with Gasteiger partial charge >= 0.3 is 0 Å². The van der Waals surface area contributed by atoms with Gasteiger partial charge in [-0.2, -0.15) is 0 Å². The summed E-state index contributed by atoms with van der Waals surface area (Å²) in [4.78, 5) is 19.5. The van der Waals surface area contributed by atoms with Crippen molar-refractivity contribution < 1.29 is 4.79 Å². The van der Waals surface area contributed by atoms with E-state index in [0.717, 1.165) is 16.8 Å². The van der Waals surface area contributed by atoms with E-state index in [2.05, 4.69) is 5.32 Å². The molecule has 0 spiro atoms. The summed E-state index contributed by atoms with van der Waals surface area (Å²) < 4.78 is 0. The fourth-order valence-corrected chi connectivity index (χ4v) is 3.33. The lowest BCUT2D eigenvalue weighted by atomic mass is 10.1. The van der Waals surface area contributed by atoms with Crippen LogP contribution in [0, 0.1) is 0 Å². The number of hydrogen-bond acceptors (Lipinski definition) is 3. The van der Waals surface area contributed by atoms with Crippen molar-refractivity contribution in [3.05, 3.63) is 101 Å². The van der Waals surface area contributed by atoms with E-state index in [1.807, 2.05) is 84.9 Å². The normalized spacial score (nSPS) is 16.2. The zero-order valence-corrected chi connectivity index (χ0v) is 16.0. The fourth-order valence-electron chi connectivity index (χ4n) is 3.21. The lowest BCUT2D eigenvalue weighted by Crippen LogP contribution is -2.38. The maximum atomic E-state index is 13.1. The molecule has 0 aliphatic carbocycles. The zero-order valence-electron chi connectivity index (χ0n) is 15.3. The van der Waals surface area contributed by atoms with Crippen LogP contribution < -0.4 is 5.32 Å². The molecule has 1 amide bonds. The Labute approximate surface area is 169 Å². The number of nitrogens with zero attached hydrogens (tertiary/aromatic N) is 2. The van der Waals surface area contributed by atoms with E-state index in [1.54, 1.807) is 4.90 Å². The van der Waals surface area contributed by atoms with Crippen LogP contribution in [0.15, 0.2) is 89.9 Å². The first-order valence-electron chi connectivity index (χ1n) is 9.19. The van der Waals surface area contributed by atoms with Gasteiger partial charge in [-0.3, -0.25) is 9.69 Å². The number of carbonyl (C=O) groups excluding carboxylic acids is 1. The van der Waals surface area contributed by atoms with Crippen molar-refractivity contribution in [2.75, 3.05) is 5.32 Å². The van der Waals surface area contributed by atoms with Crippen LogP contribution in [0.2, 0.25) is 5.02 Å². The van der Waals surface area contributed by atoms with Crippen molar-refractivity contribution >= 4 is 29.2 Å². The SMILES string of the molecule is O=C1[C@H](Cc2ccccc2)N=C(Nc2ccc(Cl)cc2)N1Cc1ccccc1. The number of aliphatic imine (C=N–C) groups is 1. The molecule has 0 aromatic heterocycles. The molecule has 1 N–H and O–H groups in total. The number of amides is 1. The third-order valence-electron chi connectivity index (χ3n) is 4.64. The van der Waals surface area contributed by atoms with Crippen molar-refractivity contribution in [2.24, 2.45) is 4.99 Å². The van der Waals surface area contributed by atoms with E-state index in [1.165, 1.54) is 0 Å². The number of halogens is 1. The molecular formula is C23H20ClN3O. The number of nitrogens with one attached hydrogen (secondary N) is 1. The van der Waals surface area contributed by atoms with Gasteiger partial charge < -0.3 is 5.32 Å². The topological polar surface area (TPSA) is 44.7 Å². The molecule has 0 bridgehead atoms. The maximum absolute atomic E-state index is 13.1. The molecule has 0 fully saturated rings. The Kier molecular flexibility index (Phi) is 5.40. The summed E-state index contributed by atoms with van der Waals surface area (Å²) >= 11 is 5.98. The minimum absolute atomic E-state index is 0.00386. The number of rotatable bonds is 5. The maximum Gasteiger partial charge on any atom is 0.254 e. The number of hydrogen-bond donors (Lipinski definition) is 1. The van der Waals surface area contributed by atoms with E-state index in [9.17, 15) is 4.79 Å². The molecule has 0 saturated heterocycles. The highest BCUT2D eigenvalue weighted by atomic mass is 35.5. The van der Waals surface area contributed by atoms with Gasteiger partial charge in [-0.05, 0) is 35.4 Å². The van der Waals surface area contributed by atoms with Gasteiger partial charge in [0.25, 0.3) is 5.91 Å². The summed E-state index contributed by atoms with van der Waals surface area (Å²) in [5.74, 6) is 0.571. The Morgan fingerprint density at radius 2 is 1.46 bits per heavy atom. The molecule has 1 heterocycles. The summed E-state index contributed by atoms with van der Waals surface area (Å²) in [7, 11) is 0. The third kappa shape index (κ3) is 4.24. The van der Waals surface area contributed by atoms with Crippen LogP contribution in [0.5, 0.6) is 0 Å². The number of anilines is 1. The Morgan fingerprint density at radius 3 is 2.11 bits per heavy atom. The van der Waals surface area contributed by atoms with E-state index < -0.39 is 6.04 Å². The van der Waals surface area contributed by atoms with Crippen LogP contribution in [0.4, 0.5) is 5.69 Å². The average molecular weight is 390 g/mol. The smallest absolute Gasteiger partial charge is 0.254 e. The molecule has 1 atom stereocenters. The van der Waals surface area contributed by atoms with Crippen molar-refractivity contribution in [1.29, 1.82) is 0 Å². The van der Waals surface area contributed by atoms with Crippen LogP contribution in [0.3, 0.4) is 0 Å². The van der Waals surface area contributed by atoms with Gasteiger partial charge in [0.2, 0.25) is 5.96 Å². The Balaban J connectivity index is 1.59. The quantitative estimate of drug-likeness (QED) is 0.683. The predicted molar refractivity (Wildman–Crippen MR) is 113 cm³/mol. The molecule has 140 valence electrons. The highest BCUT2D eigenvalue weighted by Gasteiger charge is 2.34. The Hall–Kier alpha value is -3.11. The zero-order chi connectivity index (χ0) is 19.3. The van der Waals surface area contributed by atoms with Crippen LogP contribution in [0.25, 0.3) is 0 Å². The molecule has 4 rings (SSSR count). The minimum atomic E-state index is -0.430. The standard InChI is InChI=1S/C23H20ClN3O/c24-19-11-13-20(14-12-19)25-23-26-21(15-17-7-3-1-4-8-17)22(28)27(23)16-18-9-5-2-6-10-18/h1-14,21H,15-16H2,(H,25,26)/t21-/m0/s1. The largest absolute Gasteiger partial charge is 0.326 e. The summed E-state index contributed by atoms with van der Waals surface area (Å²) in [6.45, 7) is 0.477. The summed E-state index contributed by atoms with van der Waals surface area (Å²) in [6, 6.07) is 26.9. The number of carbonyl (C=O) groups is 1. The molecule has 4 nitrogen and oxygen atoms in total. The monoisotopic (exact) mass is 389 g/mol. The van der Waals surface area contributed by atoms with Crippen molar-refractivity contribution in [3.63, 3.8) is 0 Å². The van der Waals surface area contributed by atoms with Gasteiger partial charge in [0.15, 0.2) is 0 Å². The Morgan fingerprint density at radius 1 is 0.857 bits per heavy atom. The van der Waals surface area contributed by atoms with Crippen LogP contribution >= 0.6 is 11.6 Å². The molecule has 0 radical (unpaired) electrons. The van der Waals surface area contributed by atoms with Crippen molar-refractivity contribution in [1.82, 2.24) is 4.90 Å². The third-order valence-corrected chi connectivity index (χ3v) is 4.89. The van der Waals surface area contributed by atoms with E-state index in [0.29, 0.717) is 23.9 Å². The first-order valence-corrected chi connectivity index (χ1v) is 9.56. The summed E-state index contributed by atoms with van der Waals surface area (Å²) in [5, 5.41) is 3.95. The summed E-state index contributed by atoms with van der Waals surface area (Å²) in [6.07, 6.45) is 0.580. The molecule has 1 aliphatic rings. The highest BCUT2D eigenvalue weighted by Crippen LogP contribution is 2.21. The second kappa shape index (κ2) is 8.28. The molecule has 28 heavy (non-hydrogen) atoms. The van der Waals surface area contributed by atoms with Crippen LogP contribution in [-0.2, 0) is 17.8 Å². The van der Waals surface area contributed by atoms with E-state index in [-0.39, 0.29) is 5.91 Å². The van der Waals surface area contributed by atoms with Gasteiger partial charge in [0.1, 0.15) is 6.04 Å². The second-order valence-corrected chi connectivity index (χ2v) is 7.14. The van der Waals surface area contributed by atoms with Gasteiger partial charge in [0.05, 0.1) is 6.54 Å². The van der Waals surface area contributed by atoms with Gasteiger partial charge in [-0.25, -0.2) is 4.99 Å². The number of guanidine groups is 1. The van der Waals surface area contributed by atoms with E-state index >= 15 is 0 Å². The molecule has 0 unspecified atom stereocenters. The van der Waals surface area contributed by atoms with Gasteiger partial charge in [0, 0.05) is 17.1 Å².